The quantitative estimate of drug-likeness (QED) is 0.215. The molecule has 1 aliphatic carbocycles. The number of nitrogens with zero attached hydrogens (tertiary/aromatic N) is 3. The van der Waals surface area contributed by atoms with Crippen molar-refractivity contribution in [1.82, 2.24) is 13.7 Å². The second-order valence-electron chi connectivity index (χ2n) is 9.41. The van der Waals surface area contributed by atoms with Crippen LogP contribution in [-0.2, 0) is 18.4 Å². The molecule has 1 fully saturated rings. The lowest BCUT2D eigenvalue weighted by Crippen LogP contribution is -2.41. The van der Waals surface area contributed by atoms with Gasteiger partial charge >= 0.3 is 5.69 Å². The van der Waals surface area contributed by atoms with Crippen molar-refractivity contribution in [2.24, 2.45) is 7.05 Å². The Bertz CT molecular complexity index is 1850. The van der Waals surface area contributed by atoms with Crippen LogP contribution in [0.25, 0.3) is 16.6 Å². The van der Waals surface area contributed by atoms with Gasteiger partial charge in [-0.05, 0) is 107 Å². The molecule has 4 aromatic rings. The normalized spacial score (nSPS) is 12.9. The minimum Gasteiger partial charge on any atom is -0.379 e. The molecule has 2 N–H and O–H groups in total. The van der Waals surface area contributed by atoms with Gasteiger partial charge in [-0.2, -0.15) is 0 Å². The lowest BCUT2D eigenvalue weighted by Gasteiger charge is -2.20. The number of aromatic nitrogens is 3. The molecule has 0 atom stereocenters. The Balaban J connectivity index is 1.80. The van der Waals surface area contributed by atoms with Gasteiger partial charge in [-0.1, -0.05) is 12.6 Å². The molecule has 0 radical (unpaired) electrons. The van der Waals surface area contributed by atoms with Crippen LogP contribution in [0.2, 0.25) is 0 Å². The van der Waals surface area contributed by atoms with E-state index in [1.807, 2.05) is 18.2 Å². The van der Waals surface area contributed by atoms with Gasteiger partial charge in [-0.15, -0.1) is 0 Å². The highest BCUT2D eigenvalue weighted by atomic mass is 127. The van der Waals surface area contributed by atoms with E-state index in [0.29, 0.717) is 22.5 Å². The fraction of sp³-hybridized carbons (Fsp3) is 0.214. The van der Waals surface area contributed by atoms with E-state index in [1.165, 1.54) is 13.7 Å². The highest BCUT2D eigenvalue weighted by molar-refractivity contribution is 14.1. The Morgan fingerprint density at radius 3 is 2.51 bits per heavy atom. The summed E-state index contributed by atoms with van der Waals surface area (Å²) in [6, 6.07) is 12.5. The number of anilines is 2. The van der Waals surface area contributed by atoms with Gasteiger partial charge in [0.25, 0.3) is 11.1 Å². The highest BCUT2D eigenvalue weighted by Gasteiger charge is 2.31. The molecule has 5 rings (SSSR count). The first-order chi connectivity index (χ1) is 18.6. The number of rotatable bonds is 7. The van der Waals surface area contributed by atoms with Crippen LogP contribution >= 0.6 is 45.2 Å². The van der Waals surface area contributed by atoms with Crippen molar-refractivity contribution in [1.29, 1.82) is 0 Å². The van der Waals surface area contributed by atoms with Crippen LogP contribution in [0.5, 0.6) is 0 Å². The molecule has 9 nitrogen and oxygen atoms in total. The number of benzene rings is 2. The first-order valence-corrected chi connectivity index (χ1v) is 14.4. The molecule has 39 heavy (non-hydrogen) atoms. The summed E-state index contributed by atoms with van der Waals surface area (Å²) in [7, 11) is 1.65. The number of carbonyl (C=O) groups is 1. The lowest BCUT2D eigenvalue weighted by atomic mass is 10.1. The van der Waals surface area contributed by atoms with E-state index in [-0.39, 0.29) is 29.2 Å². The van der Waals surface area contributed by atoms with Crippen LogP contribution in [-0.4, -0.2) is 19.6 Å². The fourth-order valence-electron chi connectivity index (χ4n) is 4.71. The summed E-state index contributed by atoms with van der Waals surface area (Å²) in [5.41, 5.74) is 1.59. The molecule has 1 amide bonds. The van der Waals surface area contributed by atoms with Crippen molar-refractivity contribution in [3.8, 4) is 5.69 Å². The third-order valence-corrected chi connectivity index (χ3v) is 8.37. The number of halogens is 2. The molecular weight excluding hydrogens is 724 g/mol. The van der Waals surface area contributed by atoms with Crippen LogP contribution in [0.15, 0.2) is 69.5 Å². The van der Waals surface area contributed by atoms with Gasteiger partial charge in [0, 0.05) is 37.2 Å². The first-order valence-electron chi connectivity index (χ1n) is 12.2. The summed E-state index contributed by atoms with van der Waals surface area (Å²) in [5.74, 6) is -0.393. The molecule has 2 aromatic heterocycles. The SMILES string of the molecule is C=CC(=O)Nc1cccc(-n2c(=O)n(C3CC3)c(=O)c3c(CNc4ccc(I)cc4I)n(C)c(=O)c(C)c32)c1. The van der Waals surface area contributed by atoms with Crippen molar-refractivity contribution < 1.29 is 4.79 Å². The Morgan fingerprint density at radius 1 is 1.10 bits per heavy atom. The predicted octanol–water partition coefficient (Wildman–Crippen LogP) is 4.44. The van der Waals surface area contributed by atoms with Gasteiger partial charge in [0.1, 0.15) is 0 Å². The standard InChI is InChI=1S/C28H25I2N5O4/c1-4-23(36)32-17-6-5-7-19(13-17)34-25-15(2)26(37)33(3)22(14-31-21-11-8-16(29)12-20(21)30)24(25)27(38)35(28(34)39)18-9-10-18/h4-8,11-13,18,31H,1,9-10,14H2,2-3H3,(H,32,36). The van der Waals surface area contributed by atoms with Crippen molar-refractivity contribution >= 4 is 73.4 Å². The zero-order chi connectivity index (χ0) is 28.0. The van der Waals surface area contributed by atoms with Crippen LogP contribution in [0, 0.1) is 14.1 Å². The van der Waals surface area contributed by atoms with Crippen LogP contribution in [0.3, 0.4) is 0 Å². The predicted molar refractivity (Wildman–Crippen MR) is 170 cm³/mol. The molecule has 2 aromatic carbocycles. The molecule has 0 unspecified atom stereocenters. The molecule has 2 heterocycles. The van der Waals surface area contributed by atoms with Crippen molar-refractivity contribution in [3.05, 3.63) is 105 Å². The number of hydrogen-bond acceptors (Lipinski definition) is 5. The topological polar surface area (TPSA) is 107 Å². The largest absolute Gasteiger partial charge is 0.379 e. The van der Waals surface area contributed by atoms with Gasteiger partial charge in [0.05, 0.1) is 28.8 Å². The van der Waals surface area contributed by atoms with E-state index in [0.717, 1.165) is 31.7 Å². The summed E-state index contributed by atoms with van der Waals surface area (Å²) < 4.78 is 6.32. The lowest BCUT2D eigenvalue weighted by molar-refractivity contribution is -0.111. The Morgan fingerprint density at radius 2 is 1.85 bits per heavy atom. The minimum absolute atomic E-state index is 0.195. The molecule has 200 valence electrons. The van der Waals surface area contributed by atoms with Gasteiger partial charge < -0.3 is 15.2 Å². The van der Waals surface area contributed by atoms with Crippen molar-refractivity contribution in [2.75, 3.05) is 10.6 Å². The van der Waals surface area contributed by atoms with Crippen molar-refractivity contribution in [3.63, 3.8) is 0 Å². The summed E-state index contributed by atoms with van der Waals surface area (Å²) in [6.07, 6.45) is 2.62. The zero-order valence-electron chi connectivity index (χ0n) is 21.3. The second-order valence-corrected chi connectivity index (χ2v) is 11.8. The van der Waals surface area contributed by atoms with Crippen LogP contribution in [0.4, 0.5) is 11.4 Å². The Hall–Kier alpha value is -3.20. The Labute approximate surface area is 250 Å². The van der Waals surface area contributed by atoms with E-state index < -0.39 is 17.2 Å². The minimum atomic E-state index is -0.510. The first kappa shape index (κ1) is 27.4. The second kappa shape index (κ2) is 10.8. The Kier molecular flexibility index (Phi) is 7.55. The number of fused-ring (bicyclic) bond motifs is 1. The van der Waals surface area contributed by atoms with E-state index in [4.69, 9.17) is 0 Å². The molecule has 1 aliphatic rings. The average molecular weight is 749 g/mol. The number of hydrogen-bond donors (Lipinski definition) is 2. The van der Waals surface area contributed by atoms with Crippen LogP contribution < -0.4 is 27.4 Å². The monoisotopic (exact) mass is 749 g/mol. The number of aryl methyl sites for hydroxylation is 1. The molecule has 11 heteroatoms. The summed E-state index contributed by atoms with van der Waals surface area (Å²) >= 11 is 4.49. The number of carbonyl (C=O) groups excluding carboxylic acids is 1. The van der Waals surface area contributed by atoms with Gasteiger partial charge in [0.15, 0.2) is 0 Å². The summed E-state index contributed by atoms with van der Waals surface area (Å²) in [5, 5.41) is 6.40. The maximum absolute atomic E-state index is 14.0. The smallest absolute Gasteiger partial charge is 0.336 e. The summed E-state index contributed by atoms with van der Waals surface area (Å²) in [6.45, 7) is 5.31. The zero-order valence-corrected chi connectivity index (χ0v) is 25.6. The summed E-state index contributed by atoms with van der Waals surface area (Å²) in [4.78, 5) is 53.2. The number of nitrogens with one attached hydrogen (secondary N) is 2. The average Bonchev–Trinajstić information content (AvgIpc) is 3.74. The van der Waals surface area contributed by atoms with E-state index in [9.17, 15) is 19.2 Å². The highest BCUT2D eigenvalue weighted by Crippen LogP contribution is 2.33. The van der Waals surface area contributed by atoms with Crippen LogP contribution in [0.1, 0.15) is 30.1 Å². The van der Waals surface area contributed by atoms with Gasteiger partial charge in [-0.25, -0.2) is 4.79 Å². The molecule has 0 saturated heterocycles. The number of amides is 1. The molecular formula is C28H25I2N5O4. The fourth-order valence-corrected chi connectivity index (χ4v) is 6.50. The maximum Gasteiger partial charge on any atom is 0.336 e. The van der Waals surface area contributed by atoms with E-state index in [2.05, 4.69) is 62.4 Å². The maximum atomic E-state index is 14.0. The van der Waals surface area contributed by atoms with Gasteiger partial charge in [0.2, 0.25) is 5.91 Å². The third-order valence-electron chi connectivity index (χ3n) is 6.81. The van der Waals surface area contributed by atoms with E-state index in [1.54, 1.807) is 38.2 Å². The molecule has 0 aliphatic heterocycles. The molecule has 0 bridgehead atoms. The number of pyridine rings is 1. The van der Waals surface area contributed by atoms with Crippen molar-refractivity contribution in [2.45, 2.75) is 32.4 Å². The molecule has 1 saturated carbocycles. The third kappa shape index (κ3) is 5.09. The molecule has 0 spiro atoms. The van der Waals surface area contributed by atoms with Gasteiger partial charge in [-0.3, -0.25) is 23.5 Å². The van der Waals surface area contributed by atoms with E-state index >= 15 is 0 Å².